The highest BCUT2D eigenvalue weighted by Gasteiger charge is 2.19. The molecule has 1 unspecified atom stereocenters. The summed E-state index contributed by atoms with van der Waals surface area (Å²) in [6.07, 6.45) is 1.08. The molecule has 0 bridgehead atoms. The molecule has 0 amide bonds. The van der Waals surface area contributed by atoms with Gasteiger partial charge in [-0.05, 0) is 69.6 Å². The number of fused-ring (bicyclic) bond motifs is 2. The first kappa shape index (κ1) is 20.4. The maximum atomic E-state index is 6.25. The van der Waals surface area contributed by atoms with Gasteiger partial charge in [0.05, 0.1) is 0 Å². The zero-order chi connectivity index (χ0) is 21.1. The summed E-state index contributed by atoms with van der Waals surface area (Å²) in [4.78, 5) is 0. The van der Waals surface area contributed by atoms with Crippen molar-refractivity contribution >= 4 is 21.5 Å². The second-order valence-corrected chi connectivity index (χ2v) is 9.35. The normalized spacial score (nSPS) is 12.9. The fourth-order valence-corrected chi connectivity index (χ4v) is 4.33. The minimum absolute atomic E-state index is 0.259. The predicted octanol–water partition coefficient (Wildman–Crippen LogP) is 7.05. The van der Waals surface area contributed by atoms with Crippen LogP contribution in [0.1, 0.15) is 44.2 Å². The summed E-state index contributed by atoms with van der Waals surface area (Å²) < 4.78 is 6.25. The number of nitrogens with two attached hydrogens (primary N) is 1. The largest absolute Gasteiger partial charge is 0.489 e. The number of ether oxygens (including phenoxy) is 1. The smallest absolute Gasteiger partial charge is 0.119 e. The van der Waals surface area contributed by atoms with Crippen molar-refractivity contribution in [3.05, 3.63) is 90.0 Å². The van der Waals surface area contributed by atoms with Crippen LogP contribution < -0.4 is 10.5 Å². The molecule has 0 radical (unpaired) electrons. The maximum Gasteiger partial charge on any atom is 0.119 e. The van der Waals surface area contributed by atoms with Gasteiger partial charge in [0, 0.05) is 5.56 Å². The number of rotatable bonds is 6. The lowest BCUT2D eigenvalue weighted by Crippen LogP contribution is -2.19. The Kier molecular flexibility index (Phi) is 5.78. The zero-order valence-electron chi connectivity index (χ0n) is 18.2. The Bertz CT molecular complexity index is 1080. The highest BCUT2D eigenvalue weighted by atomic mass is 16.5. The topological polar surface area (TPSA) is 35.2 Å². The van der Waals surface area contributed by atoms with Crippen LogP contribution in [0.4, 0.5) is 0 Å². The summed E-state index contributed by atoms with van der Waals surface area (Å²) in [6, 6.07) is 27.8. The van der Waals surface area contributed by atoms with Crippen LogP contribution in [0, 0.1) is 5.41 Å². The summed E-state index contributed by atoms with van der Waals surface area (Å²) in [5, 5.41) is 5.00. The third-order valence-corrected chi connectivity index (χ3v) is 5.76. The van der Waals surface area contributed by atoms with Crippen molar-refractivity contribution in [2.75, 3.05) is 6.54 Å². The van der Waals surface area contributed by atoms with Crippen LogP contribution in [0.15, 0.2) is 78.9 Å². The highest BCUT2D eigenvalue weighted by Crippen LogP contribution is 2.32. The highest BCUT2D eigenvalue weighted by molar-refractivity contribution is 6.02. The van der Waals surface area contributed by atoms with Crippen molar-refractivity contribution in [3.8, 4) is 5.75 Å². The maximum absolute atomic E-state index is 6.25. The first-order valence-corrected chi connectivity index (χ1v) is 10.8. The Labute approximate surface area is 179 Å². The SMILES string of the molecule is CC(C)(C)CC(CN)c1ccc(OCc2c3ccccc3cc3ccccc23)cc1. The fourth-order valence-electron chi connectivity index (χ4n) is 4.33. The van der Waals surface area contributed by atoms with Gasteiger partial charge in [0.1, 0.15) is 12.4 Å². The molecular weight excluding hydrogens is 366 g/mol. The lowest BCUT2D eigenvalue weighted by molar-refractivity contribution is 0.308. The van der Waals surface area contributed by atoms with E-state index in [1.807, 2.05) is 0 Å². The number of hydrogen-bond acceptors (Lipinski definition) is 2. The fraction of sp³-hybridized carbons (Fsp3) is 0.286. The van der Waals surface area contributed by atoms with Crippen LogP contribution in [-0.2, 0) is 6.61 Å². The second kappa shape index (κ2) is 8.49. The molecule has 0 aliphatic heterocycles. The molecule has 2 heteroatoms. The van der Waals surface area contributed by atoms with Crippen molar-refractivity contribution < 1.29 is 4.74 Å². The van der Waals surface area contributed by atoms with E-state index in [4.69, 9.17) is 10.5 Å². The van der Waals surface area contributed by atoms with Gasteiger partial charge < -0.3 is 10.5 Å². The van der Waals surface area contributed by atoms with Gasteiger partial charge in [-0.25, -0.2) is 0 Å². The lowest BCUT2D eigenvalue weighted by Gasteiger charge is -2.25. The van der Waals surface area contributed by atoms with Crippen LogP contribution in [0.3, 0.4) is 0 Å². The van der Waals surface area contributed by atoms with Gasteiger partial charge in [-0.1, -0.05) is 81.4 Å². The van der Waals surface area contributed by atoms with E-state index in [-0.39, 0.29) is 5.41 Å². The van der Waals surface area contributed by atoms with Crippen molar-refractivity contribution in [2.24, 2.45) is 11.1 Å². The molecule has 4 rings (SSSR count). The molecule has 2 N–H and O–H groups in total. The van der Waals surface area contributed by atoms with Crippen molar-refractivity contribution in [2.45, 2.75) is 39.7 Å². The van der Waals surface area contributed by atoms with E-state index in [0.717, 1.165) is 12.2 Å². The average molecular weight is 398 g/mol. The molecule has 4 aromatic carbocycles. The minimum atomic E-state index is 0.259. The van der Waals surface area contributed by atoms with Crippen LogP contribution in [0.25, 0.3) is 21.5 Å². The standard InChI is InChI=1S/C28H31NO/c1-28(2,3)17-23(18-29)20-12-14-24(15-13-20)30-19-27-25-10-6-4-8-21(25)16-22-9-5-7-11-26(22)27/h4-16,23H,17-19,29H2,1-3H3. The quantitative estimate of drug-likeness (QED) is 0.354. The predicted molar refractivity (Wildman–Crippen MR) is 128 cm³/mol. The summed E-state index contributed by atoms with van der Waals surface area (Å²) >= 11 is 0. The van der Waals surface area contributed by atoms with E-state index in [0.29, 0.717) is 19.1 Å². The molecule has 1 atom stereocenters. The summed E-state index contributed by atoms with van der Waals surface area (Å²) in [5.74, 6) is 1.27. The number of hydrogen-bond donors (Lipinski definition) is 1. The molecule has 0 saturated carbocycles. The first-order valence-electron chi connectivity index (χ1n) is 10.8. The molecule has 0 saturated heterocycles. The van der Waals surface area contributed by atoms with Gasteiger partial charge in [0.25, 0.3) is 0 Å². The third-order valence-electron chi connectivity index (χ3n) is 5.76. The summed E-state index contributed by atoms with van der Waals surface area (Å²) in [7, 11) is 0. The van der Waals surface area contributed by atoms with Gasteiger partial charge in [-0.15, -0.1) is 0 Å². The number of benzene rings is 4. The van der Waals surface area contributed by atoms with Crippen LogP contribution in [0.5, 0.6) is 5.75 Å². The van der Waals surface area contributed by atoms with Crippen LogP contribution in [0.2, 0.25) is 0 Å². The molecule has 0 spiro atoms. The Hall–Kier alpha value is -2.84. The summed E-state index contributed by atoms with van der Waals surface area (Å²) in [5.41, 5.74) is 8.84. The van der Waals surface area contributed by atoms with Crippen molar-refractivity contribution in [3.63, 3.8) is 0 Å². The Balaban J connectivity index is 1.58. The molecule has 2 nitrogen and oxygen atoms in total. The van der Waals surface area contributed by atoms with E-state index < -0.39 is 0 Å². The van der Waals surface area contributed by atoms with Gasteiger partial charge in [-0.2, -0.15) is 0 Å². The molecular formula is C28H31NO. The van der Waals surface area contributed by atoms with Gasteiger partial charge in [0.2, 0.25) is 0 Å². The van der Waals surface area contributed by atoms with E-state index in [1.165, 1.54) is 32.7 Å². The van der Waals surface area contributed by atoms with Crippen molar-refractivity contribution in [1.82, 2.24) is 0 Å². The molecule has 4 aromatic rings. The molecule has 0 aliphatic carbocycles. The van der Waals surface area contributed by atoms with Gasteiger partial charge >= 0.3 is 0 Å². The van der Waals surface area contributed by atoms with E-state index in [9.17, 15) is 0 Å². The van der Waals surface area contributed by atoms with Crippen LogP contribution >= 0.6 is 0 Å². The lowest BCUT2D eigenvalue weighted by atomic mass is 9.81. The molecule has 0 aliphatic rings. The van der Waals surface area contributed by atoms with Gasteiger partial charge in [-0.3, -0.25) is 0 Å². The Morgan fingerprint density at radius 2 is 1.37 bits per heavy atom. The third kappa shape index (κ3) is 4.49. The Morgan fingerprint density at radius 1 is 0.800 bits per heavy atom. The molecule has 0 fully saturated rings. The molecule has 30 heavy (non-hydrogen) atoms. The summed E-state index contributed by atoms with van der Waals surface area (Å²) in [6.45, 7) is 8.01. The van der Waals surface area contributed by atoms with E-state index in [1.54, 1.807) is 0 Å². The average Bonchev–Trinajstić information content (AvgIpc) is 2.75. The molecule has 154 valence electrons. The zero-order valence-corrected chi connectivity index (χ0v) is 18.2. The van der Waals surface area contributed by atoms with Gasteiger partial charge in [0.15, 0.2) is 0 Å². The molecule has 0 aromatic heterocycles. The monoisotopic (exact) mass is 397 g/mol. The minimum Gasteiger partial charge on any atom is -0.489 e. The first-order chi connectivity index (χ1) is 14.4. The van der Waals surface area contributed by atoms with E-state index >= 15 is 0 Å². The van der Waals surface area contributed by atoms with Crippen LogP contribution in [-0.4, -0.2) is 6.54 Å². The van der Waals surface area contributed by atoms with E-state index in [2.05, 4.69) is 99.6 Å². The Morgan fingerprint density at radius 3 is 1.90 bits per heavy atom. The second-order valence-electron chi connectivity index (χ2n) is 9.35. The molecule has 0 heterocycles. The van der Waals surface area contributed by atoms with Crippen molar-refractivity contribution in [1.29, 1.82) is 0 Å².